The van der Waals surface area contributed by atoms with Crippen LogP contribution in [0.3, 0.4) is 0 Å². The van der Waals surface area contributed by atoms with Crippen molar-refractivity contribution in [3.63, 3.8) is 0 Å². The van der Waals surface area contributed by atoms with Crippen LogP contribution < -0.4 is 5.32 Å². The summed E-state index contributed by atoms with van der Waals surface area (Å²) in [6.07, 6.45) is 1.07. The summed E-state index contributed by atoms with van der Waals surface area (Å²) in [6, 6.07) is 6.56. The second-order valence-electron chi connectivity index (χ2n) is 4.12. The molecule has 17 heavy (non-hydrogen) atoms. The van der Waals surface area contributed by atoms with E-state index < -0.39 is 5.82 Å². The van der Waals surface area contributed by atoms with E-state index in [2.05, 4.69) is 10.2 Å². The summed E-state index contributed by atoms with van der Waals surface area (Å²) >= 11 is 0. The van der Waals surface area contributed by atoms with Crippen LogP contribution in [0.2, 0.25) is 0 Å². The maximum atomic E-state index is 13.1. The van der Waals surface area contributed by atoms with Crippen molar-refractivity contribution in [3.05, 3.63) is 35.1 Å². The van der Waals surface area contributed by atoms with E-state index in [0.29, 0.717) is 0 Å². The predicted octanol–water partition coefficient (Wildman–Crippen LogP) is 1.74. The third-order valence-electron chi connectivity index (χ3n) is 2.57. The molecule has 0 bridgehead atoms. The molecule has 1 N–H and O–H groups in total. The van der Waals surface area contributed by atoms with Gasteiger partial charge in [0.2, 0.25) is 0 Å². The van der Waals surface area contributed by atoms with Gasteiger partial charge in [0, 0.05) is 6.54 Å². The van der Waals surface area contributed by atoms with E-state index in [4.69, 9.17) is 5.26 Å². The first-order valence-corrected chi connectivity index (χ1v) is 5.69. The van der Waals surface area contributed by atoms with E-state index in [-0.39, 0.29) is 5.56 Å². The van der Waals surface area contributed by atoms with Gasteiger partial charge in [-0.15, -0.1) is 0 Å². The zero-order chi connectivity index (χ0) is 12.7. The predicted molar refractivity (Wildman–Crippen MR) is 66.0 cm³/mol. The summed E-state index contributed by atoms with van der Waals surface area (Å²) in [6.45, 7) is 2.69. The minimum absolute atomic E-state index is 0.117. The van der Waals surface area contributed by atoms with E-state index in [9.17, 15) is 4.39 Å². The highest BCUT2D eigenvalue weighted by atomic mass is 19.1. The first-order valence-electron chi connectivity index (χ1n) is 5.69. The fourth-order valence-corrected chi connectivity index (χ4v) is 1.67. The highest BCUT2D eigenvalue weighted by molar-refractivity contribution is 5.34. The fraction of sp³-hybridized carbons (Fsp3) is 0.462. The monoisotopic (exact) mass is 235 g/mol. The molecule has 0 amide bonds. The molecule has 0 spiro atoms. The molecule has 0 aromatic heterocycles. The van der Waals surface area contributed by atoms with Gasteiger partial charge in [0.05, 0.1) is 5.56 Å². The zero-order valence-corrected chi connectivity index (χ0v) is 10.3. The lowest BCUT2D eigenvalue weighted by molar-refractivity contribution is 0.321. The van der Waals surface area contributed by atoms with Crippen LogP contribution in [0, 0.1) is 17.1 Å². The van der Waals surface area contributed by atoms with Crippen molar-refractivity contribution in [2.24, 2.45) is 0 Å². The van der Waals surface area contributed by atoms with Crippen LogP contribution in [0.25, 0.3) is 0 Å². The number of hydrogen-bond acceptors (Lipinski definition) is 3. The molecule has 0 radical (unpaired) electrons. The summed E-state index contributed by atoms with van der Waals surface area (Å²) in [7, 11) is 3.95. The van der Waals surface area contributed by atoms with E-state index in [1.807, 2.05) is 20.2 Å². The molecule has 0 aliphatic heterocycles. The first kappa shape index (κ1) is 13.6. The van der Waals surface area contributed by atoms with Crippen LogP contribution in [0.1, 0.15) is 17.5 Å². The maximum absolute atomic E-state index is 13.1. The molecule has 0 fully saturated rings. The summed E-state index contributed by atoms with van der Waals surface area (Å²) in [5.41, 5.74) is 1.08. The van der Waals surface area contributed by atoms with Gasteiger partial charge < -0.3 is 10.2 Å². The van der Waals surface area contributed by atoms with E-state index in [0.717, 1.165) is 31.6 Å². The quantitative estimate of drug-likeness (QED) is 0.763. The molecular weight excluding hydrogens is 217 g/mol. The molecule has 3 nitrogen and oxygen atoms in total. The first-order chi connectivity index (χ1) is 8.17. The number of hydrogen-bond donors (Lipinski definition) is 1. The average Bonchev–Trinajstić information content (AvgIpc) is 2.32. The maximum Gasteiger partial charge on any atom is 0.140 e. The molecule has 0 heterocycles. The number of nitriles is 1. The second-order valence-corrected chi connectivity index (χ2v) is 4.12. The van der Waals surface area contributed by atoms with Crippen LogP contribution in [0.4, 0.5) is 4.39 Å². The Balaban J connectivity index is 2.54. The number of benzene rings is 1. The van der Waals surface area contributed by atoms with Crippen molar-refractivity contribution >= 4 is 0 Å². The van der Waals surface area contributed by atoms with Crippen LogP contribution >= 0.6 is 0 Å². The lowest BCUT2D eigenvalue weighted by Crippen LogP contribution is -2.22. The molecule has 1 rings (SSSR count). The number of nitrogens with zero attached hydrogens (tertiary/aromatic N) is 2. The van der Waals surface area contributed by atoms with E-state index >= 15 is 0 Å². The highest BCUT2D eigenvalue weighted by Crippen LogP contribution is 2.11. The molecule has 0 saturated carbocycles. The van der Waals surface area contributed by atoms with Gasteiger partial charge in [-0.25, -0.2) is 4.39 Å². The smallest absolute Gasteiger partial charge is 0.140 e. The standard InChI is InChI=1S/C13H18FN3/c1-16-6-3-7-17(2)10-11-4-5-13(14)12(8-11)9-15/h4-5,8,16H,3,6-7,10H2,1-2H3. The van der Waals surface area contributed by atoms with E-state index in [1.54, 1.807) is 12.1 Å². The molecule has 0 unspecified atom stereocenters. The van der Waals surface area contributed by atoms with Gasteiger partial charge in [-0.2, -0.15) is 5.26 Å². The Labute approximate surface area is 102 Å². The van der Waals surface area contributed by atoms with Crippen molar-refractivity contribution in [2.45, 2.75) is 13.0 Å². The fourth-order valence-electron chi connectivity index (χ4n) is 1.67. The molecule has 4 heteroatoms. The minimum atomic E-state index is -0.450. The zero-order valence-electron chi connectivity index (χ0n) is 10.3. The van der Waals surface area contributed by atoms with Crippen molar-refractivity contribution in [2.75, 3.05) is 27.2 Å². The Morgan fingerprint density at radius 1 is 1.47 bits per heavy atom. The third kappa shape index (κ3) is 4.51. The van der Waals surface area contributed by atoms with Crippen LogP contribution in [0.15, 0.2) is 18.2 Å². The second kappa shape index (κ2) is 7.00. The summed E-state index contributed by atoms with van der Waals surface area (Å²) < 4.78 is 13.1. The van der Waals surface area contributed by atoms with Crippen molar-refractivity contribution in [3.8, 4) is 6.07 Å². The topological polar surface area (TPSA) is 39.1 Å². The third-order valence-corrected chi connectivity index (χ3v) is 2.57. The number of halogens is 1. The largest absolute Gasteiger partial charge is 0.320 e. The normalized spacial score (nSPS) is 10.5. The Morgan fingerprint density at radius 3 is 2.88 bits per heavy atom. The molecule has 0 aliphatic carbocycles. The minimum Gasteiger partial charge on any atom is -0.320 e. The molecule has 0 aliphatic rings. The lowest BCUT2D eigenvalue weighted by Gasteiger charge is -2.16. The van der Waals surface area contributed by atoms with Gasteiger partial charge in [0.15, 0.2) is 0 Å². The molecular formula is C13H18FN3. The van der Waals surface area contributed by atoms with Crippen LogP contribution in [-0.4, -0.2) is 32.1 Å². The van der Waals surface area contributed by atoms with Crippen molar-refractivity contribution < 1.29 is 4.39 Å². The summed E-state index contributed by atoms with van der Waals surface area (Å²) in [4.78, 5) is 2.16. The molecule has 92 valence electrons. The lowest BCUT2D eigenvalue weighted by atomic mass is 10.1. The highest BCUT2D eigenvalue weighted by Gasteiger charge is 2.05. The van der Waals surface area contributed by atoms with Crippen molar-refractivity contribution in [1.29, 1.82) is 5.26 Å². The molecule has 1 aromatic rings. The van der Waals surface area contributed by atoms with E-state index in [1.165, 1.54) is 6.07 Å². The SMILES string of the molecule is CNCCCN(C)Cc1ccc(F)c(C#N)c1. The summed E-state index contributed by atoms with van der Waals surface area (Å²) in [5, 5.41) is 11.8. The Hall–Kier alpha value is -1.44. The Kier molecular flexibility index (Phi) is 5.61. The summed E-state index contributed by atoms with van der Waals surface area (Å²) in [5.74, 6) is -0.450. The molecule has 0 atom stereocenters. The Bertz CT molecular complexity index is 398. The van der Waals surface area contributed by atoms with Gasteiger partial charge in [0.1, 0.15) is 11.9 Å². The van der Waals surface area contributed by atoms with Crippen LogP contribution in [-0.2, 0) is 6.54 Å². The molecule has 0 saturated heterocycles. The average molecular weight is 235 g/mol. The number of nitrogens with one attached hydrogen (secondary N) is 1. The van der Waals surface area contributed by atoms with Gasteiger partial charge >= 0.3 is 0 Å². The van der Waals surface area contributed by atoms with Gasteiger partial charge in [-0.1, -0.05) is 6.07 Å². The molecule has 1 aromatic carbocycles. The van der Waals surface area contributed by atoms with Crippen molar-refractivity contribution in [1.82, 2.24) is 10.2 Å². The number of rotatable bonds is 6. The van der Waals surface area contributed by atoms with Gasteiger partial charge in [-0.3, -0.25) is 0 Å². The van der Waals surface area contributed by atoms with Gasteiger partial charge in [-0.05, 0) is 51.3 Å². The van der Waals surface area contributed by atoms with Crippen LogP contribution in [0.5, 0.6) is 0 Å². The Morgan fingerprint density at radius 2 is 2.24 bits per heavy atom. The van der Waals surface area contributed by atoms with Gasteiger partial charge in [0.25, 0.3) is 0 Å².